The standard InChI is InChI=1S/C16H11BrClN3O/c17-13-5-1-3-11(9-13)10-15-21-20-14(22-15)7-6-12-4-2-8-19-16(12)18/h1-9H,10H2/b7-6+. The molecule has 0 amide bonds. The van der Waals surface area contributed by atoms with Crippen LogP contribution < -0.4 is 0 Å². The summed E-state index contributed by atoms with van der Waals surface area (Å²) in [6.45, 7) is 0. The number of aromatic nitrogens is 3. The first-order chi connectivity index (χ1) is 10.7. The van der Waals surface area contributed by atoms with Gasteiger partial charge < -0.3 is 4.42 Å². The Balaban J connectivity index is 1.73. The molecule has 4 nitrogen and oxygen atoms in total. The minimum absolute atomic E-state index is 0.435. The second kappa shape index (κ2) is 6.85. The van der Waals surface area contributed by atoms with Crippen LogP contribution in [0.4, 0.5) is 0 Å². The molecule has 0 saturated carbocycles. The van der Waals surface area contributed by atoms with Crippen molar-refractivity contribution >= 4 is 39.7 Å². The van der Waals surface area contributed by atoms with Crippen LogP contribution in [0.15, 0.2) is 51.5 Å². The maximum Gasteiger partial charge on any atom is 0.240 e. The molecular weight excluding hydrogens is 366 g/mol. The smallest absolute Gasteiger partial charge is 0.240 e. The molecule has 1 aromatic carbocycles. The Kier molecular flexibility index (Phi) is 4.65. The van der Waals surface area contributed by atoms with Crippen LogP contribution in [-0.4, -0.2) is 15.2 Å². The third kappa shape index (κ3) is 3.81. The van der Waals surface area contributed by atoms with Crippen LogP contribution >= 0.6 is 27.5 Å². The van der Waals surface area contributed by atoms with Crippen LogP contribution in [0.1, 0.15) is 22.9 Å². The first-order valence-electron chi connectivity index (χ1n) is 6.56. The molecule has 0 bridgehead atoms. The van der Waals surface area contributed by atoms with Gasteiger partial charge in [-0.3, -0.25) is 0 Å². The summed E-state index contributed by atoms with van der Waals surface area (Å²) in [5, 5.41) is 8.48. The van der Waals surface area contributed by atoms with Crippen LogP contribution in [0.3, 0.4) is 0 Å². The van der Waals surface area contributed by atoms with Crippen molar-refractivity contribution in [3.05, 3.63) is 75.1 Å². The Labute approximate surface area is 141 Å². The molecule has 0 unspecified atom stereocenters. The van der Waals surface area contributed by atoms with Gasteiger partial charge >= 0.3 is 0 Å². The predicted octanol–water partition coefficient (Wildman–Crippen LogP) is 4.64. The summed E-state index contributed by atoms with van der Waals surface area (Å²) < 4.78 is 6.63. The van der Waals surface area contributed by atoms with Gasteiger partial charge in [-0.05, 0) is 29.8 Å². The minimum atomic E-state index is 0.435. The van der Waals surface area contributed by atoms with E-state index in [0.717, 1.165) is 15.6 Å². The normalized spacial score (nSPS) is 11.2. The molecule has 0 fully saturated rings. The molecule has 3 rings (SSSR count). The zero-order valence-corrected chi connectivity index (χ0v) is 13.8. The maximum atomic E-state index is 5.98. The van der Waals surface area contributed by atoms with E-state index >= 15 is 0 Å². The lowest BCUT2D eigenvalue weighted by molar-refractivity contribution is 0.496. The van der Waals surface area contributed by atoms with E-state index in [0.29, 0.717) is 23.4 Å². The van der Waals surface area contributed by atoms with Crippen LogP contribution in [0.2, 0.25) is 5.15 Å². The van der Waals surface area contributed by atoms with Gasteiger partial charge in [0.1, 0.15) is 5.15 Å². The zero-order chi connectivity index (χ0) is 15.4. The fraction of sp³-hybridized carbons (Fsp3) is 0.0625. The molecule has 2 heterocycles. The number of nitrogens with zero attached hydrogens (tertiary/aromatic N) is 3. The van der Waals surface area contributed by atoms with E-state index in [1.807, 2.05) is 36.4 Å². The lowest BCUT2D eigenvalue weighted by Crippen LogP contribution is -1.87. The lowest BCUT2D eigenvalue weighted by atomic mass is 10.1. The fourth-order valence-electron chi connectivity index (χ4n) is 1.91. The molecule has 0 aliphatic carbocycles. The number of halogens is 2. The molecular formula is C16H11BrClN3O. The highest BCUT2D eigenvalue weighted by Crippen LogP contribution is 2.17. The molecule has 0 saturated heterocycles. The van der Waals surface area contributed by atoms with Crippen LogP contribution in [0, 0.1) is 0 Å². The number of hydrogen-bond donors (Lipinski definition) is 0. The zero-order valence-electron chi connectivity index (χ0n) is 11.4. The van der Waals surface area contributed by atoms with Crippen LogP contribution in [0.5, 0.6) is 0 Å². The van der Waals surface area contributed by atoms with Crippen LogP contribution in [0.25, 0.3) is 12.2 Å². The highest BCUT2D eigenvalue weighted by atomic mass is 79.9. The first kappa shape index (κ1) is 14.9. The minimum Gasteiger partial charge on any atom is -0.421 e. The van der Waals surface area contributed by atoms with Gasteiger partial charge in [-0.1, -0.05) is 45.7 Å². The highest BCUT2D eigenvalue weighted by Gasteiger charge is 2.05. The summed E-state index contributed by atoms with van der Waals surface area (Å²) in [5.41, 5.74) is 1.90. The summed E-state index contributed by atoms with van der Waals surface area (Å²) in [6.07, 6.45) is 5.75. The summed E-state index contributed by atoms with van der Waals surface area (Å²) >= 11 is 9.43. The average molecular weight is 377 g/mol. The van der Waals surface area contributed by atoms with E-state index in [1.165, 1.54) is 0 Å². The number of benzene rings is 1. The third-order valence-electron chi connectivity index (χ3n) is 2.92. The molecule has 0 aliphatic heterocycles. The van der Waals surface area contributed by atoms with Crippen molar-refractivity contribution in [3.63, 3.8) is 0 Å². The summed E-state index contributed by atoms with van der Waals surface area (Å²) in [6, 6.07) is 11.7. The molecule has 0 spiro atoms. The van der Waals surface area contributed by atoms with Crippen molar-refractivity contribution in [2.75, 3.05) is 0 Å². The second-order valence-electron chi connectivity index (χ2n) is 4.56. The number of rotatable bonds is 4. The molecule has 2 aromatic heterocycles. The maximum absolute atomic E-state index is 5.98. The first-order valence-corrected chi connectivity index (χ1v) is 7.73. The quantitative estimate of drug-likeness (QED) is 0.622. The topological polar surface area (TPSA) is 51.8 Å². The molecule has 22 heavy (non-hydrogen) atoms. The summed E-state index contributed by atoms with van der Waals surface area (Å²) in [4.78, 5) is 4.00. The Morgan fingerprint density at radius 3 is 2.86 bits per heavy atom. The van der Waals surface area contributed by atoms with Gasteiger partial charge in [0.15, 0.2) is 0 Å². The Bertz CT molecular complexity index is 816. The van der Waals surface area contributed by atoms with Crippen molar-refractivity contribution in [2.24, 2.45) is 0 Å². The van der Waals surface area contributed by atoms with Gasteiger partial charge in [0.25, 0.3) is 0 Å². The lowest BCUT2D eigenvalue weighted by Gasteiger charge is -1.97. The van der Waals surface area contributed by atoms with E-state index in [1.54, 1.807) is 18.3 Å². The average Bonchev–Trinajstić information content (AvgIpc) is 2.94. The van der Waals surface area contributed by atoms with E-state index in [9.17, 15) is 0 Å². The third-order valence-corrected chi connectivity index (χ3v) is 3.73. The Morgan fingerprint density at radius 1 is 1.14 bits per heavy atom. The monoisotopic (exact) mass is 375 g/mol. The second-order valence-corrected chi connectivity index (χ2v) is 5.83. The highest BCUT2D eigenvalue weighted by molar-refractivity contribution is 9.10. The Morgan fingerprint density at radius 2 is 2.05 bits per heavy atom. The van der Waals surface area contributed by atoms with Gasteiger partial charge in [0.05, 0.1) is 6.42 Å². The molecule has 0 atom stereocenters. The molecule has 0 radical (unpaired) electrons. The van der Waals surface area contributed by atoms with Crippen molar-refractivity contribution in [1.82, 2.24) is 15.2 Å². The summed E-state index contributed by atoms with van der Waals surface area (Å²) in [7, 11) is 0. The van der Waals surface area contributed by atoms with E-state index < -0.39 is 0 Å². The molecule has 0 N–H and O–H groups in total. The van der Waals surface area contributed by atoms with Crippen molar-refractivity contribution in [3.8, 4) is 0 Å². The molecule has 6 heteroatoms. The number of pyridine rings is 1. The SMILES string of the molecule is Clc1ncccc1/C=C/c1nnc(Cc2cccc(Br)c2)o1. The molecule has 110 valence electrons. The molecule has 0 aliphatic rings. The van der Waals surface area contributed by atoms with Crippen molar-refractivity contribution < 1.29 is 4.42 Å². The van der Waals surface area contributed by atoms with Gasteiger partial charge in [-0.2, -0.15) is 0 Å². The van der Waals surface area contributed by atoms with E-state index in [4.69, 9.17) is 16.0 Å². The van der Waals surface area contributed by atoms with Crippen molar-refractivity contribution in [2.45, 2.75) is 6.42 Å². The molecule has 3 aromatic rings. The van der Waals surface area contributed by atoms with Crippen LogP contribution in [-0.2, 0) is 6.42 Å². The van der Waals surface area contributed by atoms with Gasteiger partial charge in [0.2, 0.25) is 11.8 Å². The Hall–Kier alpha value is -1.98. The van der Waals surface area contributed by atoms with Crippen molar-refractivity contribution in [1.29, 1.82) is 0 Å². The number of hydrogen-bond acceptors (Lipinski definition) is 4. The van der Waals surface area contributed by atoms with Gasteiger partial charge in [-0.15, -0.1) is 10.2 Å². The fourth-order valence-corrected chi connectivity index (χ4v) is 2.54. The predicted molar refractivity (Wildman–Crippen MR) is 89.4 cm³/mol. The van der Waals surface area contributed by atoms with E-state index in [2.05, 4.69) is 31.1 Å². The van der Waals surface area contributed by atoms with Gasteiger partial charge in [0, 0.05) is 22.3 Å². The van der Waals surface area contributed by atoms with E-state index in [-0.39, 0.29) is 0 Å². The van der Waals surface area contributed by atoms with Gasteiger partial charge in [-0.25, -0.2) is 4.98 Å². The summed E-state index contributed by atoms with van der Waals surface area (Å²) in [5.74, 6) is 1.000. The largest absolute Gasteiger partial charge is 0.421 e.